The molecule has 24 heavy (non-hydrogen) atoms. The maximum atomic E-state index is 2.46. The van der Waals surface area contributed by atoms with E-state index >= 15 is 0 Å². The first kappa shape index (κ1) is 13.9. The van der Waals surface area contributed by atoms with Crippen molar-refractivity contribution in [1.29, 1.82) is 0 Å². The maximum Gasteiger partial charge on any atom is 0.174 e. The zero-order valence-electron chi connectivity index (χ0n) is 13.5. The molecule has 0 radical (unpaired) electrons. The topological polar surface area (TPSA) is 0 Å². The minimum atomic E-state index is 0.00857. The summed E-state index contributed by atoms with van der Waals surface area (Å²) in [5.74, 6) is 0. The Bertz CT molecular complexity index is 1110. The standard InChI is InChI=1S/C23H17S/c1-16-15-24(19-10-3-2-4-11-19)21-13-7-9-18-14-17-8-5-6-12-20(17)22(16)23(18)21/h2-15H,1H3/q+1. The van der Waals surface area contributed by atoms with Gasteiger partial charge in [0.15, 0.2) is 9.79 Å². The Morgan fingerprint density at radius 1 is 0.708 bits per heavy atom. The van der Waals surface area contributed by atoms with Crippen LogP contribution in [0.1, 0.15) is 12.5 Å². The van der Waals surface area contributed by atoms with E-state index in [9.17, 15) is 0 Å². The summed E-state index contributed by atoms with van der Waals surface area (Å²) in [6.07, 6.45) is 0. The van der Waals surface area contributed by atoms with Crippen LogP contribution in [0.4, 0.5) is 0 Å². The van der Waals surface area contributed by atoms with Crippen molar-refractivity contribution < 1.29 is 0 Å². The first-order valence-corrected chi connectivity index (χ1v) is 9.53. The second kappa shape index (κ2) is 5.25. The molecule has 0 N–H and O–H groups in total. The van der Waals surface area contributed by atoms with Gasteiger partial charge in [-0.2, -0.15) is 0 Å². The van der Waals surface area contributed by atoms with Gasteiger partial charge in [-0.3, -0.25) is 0 Å². The highest BCUT2D eigenvalue weighted by Gasteiger charge is 2.32. The molecule has 1 heterocycles. The lowest BCUT2D eigenvalue weighted by molar-refractivity contribution is 1.40. The molecular formula is C23H17S+. The molecule has 0 saturated carbocycles. The number of allylic oxidation sites excluding steroid dienone is 1. The van der Waals surface area contributed by atoms with Crippen LogP contribution < -0.4 is 0 Å². The van der Waals surface area contributed by atoms with E-state index in [2.05, 4.69) is 91.2 Å². The summed E-state index contributed by atoms with van der Waals surface area (Å²) in [5.41, 5.74) is 2.81. The Labute approximate surface area is 144 Å². The molecular weight excluding hydrogens is 308 g/mol. The summed E-state index contributed by atoms with van der Waals surface area (Å²) >= 11 is 0. The molecule has 0 amide bonds. The Hall–Kier alpha value is -2.51. The first-order chi connectivity index (χ1) is 11.8. The normalized spacial score (nSPS) is 16.4. The Kier molecular flexibility index (Phi) is 3.04. The van der Waals surface area contributed by atoms with Gasteiger partial charge < -0.3 is 0 Å². The van der Waals surface area contributed by atoms with Gasteiger partial charge in [0, 0.05) is 16.5 Å². The molecule has 0 nitrogen and oxygen atoms in total. The largest absolute Gasteiger partial charge is 0.174 e. The van der Waals surface area contributed by atoms with Crippen molar-refractivity contribution in [2.75, 3.05) is 0 Å². The number of fused-ring (bicyclic) bond motifs is 2. The van der Waals surface area contributed by atoms with Crippen molar-refractivity contribution in [1.82, 2.24) is 0 Å². The number of rotatable bonds is 1. The highest BCUT2D eigenvalue weighted by molar-refractivity contribution is 8.00. The molecule has 1 aliphatic heterocycles. The summed E-state index contributed by atoms with van der Waals surface area (Å²) < 4.78 is 0. The van der Waals surface area contributed by atoms with E-state index in [1.807, 2.05) is 0 Å². The number of benzene rings is 4. The molecule has 4 aromatic carbocycles. The van der Waals surface area contributed by atoms with Crippen LogP contribution in [0.15, 0.2) is 94.1 Å². The van der Waals surface area contributed by atoms with Gasteiger partial charge in [0.25, 0.3) is 0 Å². The van der Waals surface area contributed by atoms with E-state index in [-0.39, 0.29) is 10.9 Å². The van der Waals surface area contributed by atoms with Crippen molar-refractivity contribution in [3.05, 3.63) is 89.8 Å². The van der Waals surface area contributed by atoms with Crippen LogP contribution >= 0.6 is 0 Å². The molecule has 1 atom stereocenters. The average molecular weight is 325 g/mol. The molecule has 5 rings (SSSR count). The van der Waals surface area contributed by atoms with Crippen molar-refractivity contribution in [3.8, 4) is 0 Å². The summed E-state index contributed by atoms with van der Waals surface area (Å²) in [6.45, 7) is 2.26. The van der Waals surface area contributed by atoms with E-state index in [1.54, 1.807) is 0 Å². The molecule has 114 valence electrons. The van der Waals surface area contributed by atoms with Gasteiger partial charge in [0.1, 0.15) is 5.41 Å². The fraction of sp³-hybridized carbons (Fsp3) is 0.0435. The van der Waals surface area contributed by atoms with E-state index in [0.717, 1.165) is 0 Å². The highest BCUT2D eigenvalue weighted by Crippen LogP contribution is 2.43. The smallest absolute Gasteiger partial charge is 0.0619 e. The zero-order chi connectivity index (χ0) is 16.1. The van der Waals surface area contributed by atoms with Crippen LogP contribution in [0.2, 0.25) is 0 Å². The molecule has 0 spiro atoms. The van der Waals surface area contributed by atoms with E-state index in [0.29, 0.717) is 0 Å². The molecule has 0 aliphatic carbocycles. The van der Waals surface area contributed by atoms with Crippen molar-refractivity contribution in [2.24, 2.45) is 0 Å². The quantitative estimate of drug-likeness (QED) is 0.280. The molecule has 1 unspecified atom stereocenters. The van der Waals surface area contributed by atoms with Gasteiger partial charge in [-0.25, -0.2) is 0 Å². The fourth-order valence-electron chi connectivity index (χ4n) is 3.74. The maximum absolute atomic E-state index is 2.46. The second-order valence-corrected chi connectivity index (χ2v) is 8.10. The minimum absolute atomic E-state index is 0.00857. The molecule has 0 aromatic heterocycles. The predicted octanol–water partition coefficient (Wildman–Crippen LogP) is 6.40. The molecule has 0 bridgehead atoms. The van der Waals surface area contributed by atoms with Gasteiger partial charge in [-0.05, 0) is 47.3 Å². The number of hydrogen-bond acceptors (Lipinski definition) is 0. The Balaban J connectivity index is 1.92. The average Bonchev–Trinajstić information content (AvgIpc) is 2.64. The summed E-state index contributed by atoms with van der Waals surface area (Å²) in [6, 6.07) is 28.7. The van der Waals surface area contributed by atoms with Crippen molar-refractivity contribution in [2.45, 2.75) is 16.7 Å². The predicted molar refractivity (Wildman–Crippen MR) is 105 cm³/mol. The summed E-state index contributed by atoms with van der Waals surface area (Å²) in [4.78, 5) is 2.84. The van der Waals surface area contributed by atoms with Crippen LogP contribution in [-0.4, -0.2) is 0 Å². The van der Waals surface area contributed by atoms with Gasteiger partial charge in [0.2, 0.25) is 0 Å². The van der Waals surface area contributed by atoms with E-state index in [4.69, 9.17) is 0 Å². The Morgan fingerprint density at radius 3 is 2.33 bits per heavy atom. The summed E-state index contributed by atoms with van der Waals surface area (Å²) in [5, 5.41) is 7.93. The third kappa shape index (κ3) is 1.95. The lowest BCUT2D eigenvalue weighted by Crippen LogP contribution is -2.07. The van der Waals surface area contributed by atoms with Crippen LogP contribution in [0.3, 0.4) is 0 Å². The molecule has 1 heteroatoms. The van der Waals surface area contributed by atoms with E-state index in [1.165, 1.54) is 42.5 Å². The third-order valence-corrected chi connectivity index (χ3v) is 6.96. The molecule has 1 aliphatic rings. The number of hydrogen-bond donors (Lipinski definition) is 0. The first-order valence-electron chi connectivity index (χ1n) is 8.24. The van der Waals surface area contributed by atoms with Crippen LogP contribution in [0.25, 0.3) is 27.1 Å². The second-order valence-electron chi connectivity index (χ2n) is 6.28. The van der Waals surface area contributed by atoms with Gasteiger partial charge in [-0.1, -0.05) is 54.6 Å². The van der Waals surface area contributed by atoms with E-state index < -0.39 is 0 Å². The monoisotopic (exact) mass is 325 g/mol. The summed E-state index contributed by atoms with van der Waals surface area (Å²) in [7, 11) is 0.00857. The van der Waals surface area contributed by atoms with Crippen LogP contribution in [-0.2, 0) is 10.9 Å². The lowest BCUT2D eigenvalue weighted by atomic mass is 9.93. The minimum Gasteiger partial charge on any atom is -0.0619 e. The molecule has 0 fully saturated rings. The van der Waals surface area contributed by atoms with Gasteiger partial charge in [0.05, 0.1) is 10.9 Å². The fourth-order valence-corrected chi connectivity index (χ4v) is 5.85. The van der Waals surface area contributed by atoms with Crippen LogP contribution in [0, 0.1) is 0 Å². The van der Waals surface area contributed by atoms with Crippen molar-refractivity contribution in [3.63, 3.8) is 0 Å². The Morgan fingerprint density at radius 2 is 1.46 bits per heavy atom. The van der Waals surface area contributed by atoms with Crippen LogP contribution in [0.5, 0.6) is 0 Å². The lowest BCUT2D eigenvalue weighted by Gasteiger charge is -2.18. The third-order valence-electron chi connectivity index (χ3n) is 4.77. The van der Waals surface area contributed by atoms with Gasteiger partial charge in [-0.15, -0.1) is 0 Å². The zero-order valence-corrected chi connectivity index (χ0v) is 14.3. The highest BCUT2D eigenvalue weighted by atomic mass is 32.2. The van der Waals surface area contributed by atoms with Gasteiger partial charge >= 0.3 is 0 Å². The SMILES string of the molecule is CC1=C[S+](c2ccccc2)c2cccc3cc4ccccc4c1c23. The molecule has 4 aromatic rings. The molecule has 0 saturated heterocycles. The van der Waals surface area contributed by atoms with Crippen molar-refractivity contribution >= 4 is 38.0 Å².